The molecule has 1 N–H and O–H groups in total. The second-order valence-corrected chi connectivity index (χ2v) is 4.22. The molecule has 0 bridgehead atoms. The van der Waals surface area contributed by atoms with Crippen molar-refractivity contribution >= 4 is 0 Å². The van der Waals surface area contributed by atoms with Gasteiger partial charge in [0.15, 0.2) is 0 Å². The van der Waals surface area contributed by atoms with E-state index in [-0.39, 0.29) is 6.04 Å². The first-order chi connectivity index (χ1) is 8.24. The lowest BCUT2D eigenvalue weighted by atomic mass is 10.1. The highest BCUT2D eigenvalue weighted by atomic mass is 16.3. The summed E-state index contributed by atoms with van der Waals surface area (Å²) in [6.07, 6.45) is 6.61. The molecule has 4 nitrogen and oxygen atoms in total. The van der Waals surface area contributed by atoms with E-state index in [4.69, 9.17) is 4.42 Å². The van der Waals surface area contributed by atoms with Crippen molar-refractivity contribution in [1.29, 1.82) is 0 Å². The molecular formula is C13H19N3O. The molecule has 0 saturated carbocycles. The zero-order chi connectivity index (χ0) is 12.3. The van der Waals surface area contributed by atoms with Crippen LogP contribution in [0.4, 0.5) is 0 Å². The largest absolute Gasteiger partial charge is 0.469 e. The summed E-state index contributed by atoms with van der Waals surface area (Å²) in [4.78, 5) is 4.42. The van der Waals surface area contributed by atoms with Crippen LogP contribution in [0.25, 0.3) is 0 Å². The Bertz CT molecular complexity index is 432. The summed E-state index contributed by atoms with van der Waals surface area (Å²) in [7, 11) is 2.01. The van der Waals surface area contributed by atoms with Crippen LogP contribution in [0.5, 0.6) is 0 Å². The molecule has 4 heteroatoms. The molecule has 0 aliphatic rings. The predicted molar refractivity (Wildman–Crippen MR) is 66.8 cm³/mol. The van der Waals surface area contributed by atoms with Crippen molar-refractivity contribution in [3.63, 3.8) is 0 Å². The van der Waals surface area contributed by atoms with Crippen LogP contribution in [-0.2, 0) is 7.05 Å². The second kappa shape index (κ2) is 5.19. The molecule has 2 aromatic rings. The van der Waals surface area contributed by atoms with E-state index in [0.717, 1.165) is 30.1 Å². The van der Waals surface area contributed by atoms with Crippen molar-refractivity contribution in [3.05, 3.63) is 41.9 Å². The zero-order valence-electron chi connectivity index (χ0n) is 10.6. The van der Waals surface area contributed by atoms with Crippen molar-refractivity contribution in [3.8, 4) is 0 Å². The van der Waals surface area contributed by atoms with Crippen LogP contribution in [-0.4, -0.2) is 16.1 Å². The third-order valence-corrected chi connectivity index (χ3v) is 2.93. The van der Waals surface area contributed by atoms with Crippen molar-refractivity contribution in [1.82, 2.24) is 14.9 Å². The molecule has 0 amide bonds. The van der Waals surface area contributed by atoms with Gasteiger partial charge in [-0.2, -0.15) is 0 Å². The molecular weight excluding hydrogens is 214 g/mol. The van der Waals surface area contributed by atoms with E-state index in [1.807, 2.05) is 37.0 Å². The number of furan rings is 1. The third-order valence-electron chi connectivity index (χ3n) is 2.93. The van der Waals surface area contributed by atoms with Crippen LogP contribution in [0.1, 0.15) is 36.5 Å². The summed E-state index contributed by atoms with van der Waals surface area (Å²) in [5.74, 6) is 1.96. The van der Waals surface area contributed by atoms with Gasteiger partial charge >= 0.3 is 0 Å². The van der Waals surface area contributed by atoms with Gasteiger partial charge in [-0.15, -0.1) is 0 Å². The molecule has 92 valence electrons. The molecule has 2 heterocycles. The summed E-state index contributed by atoms with van der Waals surface area (Å²) >= 11 is 0. The van der Waals surface area contributed by atoms with Gasteiger partial charge in [0.05, 0.1) is 12.3 Å². The van der Waals surface area contributed by atoms with Crippen LogP contribution in [0.3, 0.4) is 0 Å². The maximum absolute atomic E-state index is 5.39. The molecule has 0 fully saturated rings. The molecule has 0 aromatic carbocycles. The minimum Gasteiger partial charge on any atom is -0.469 e. The highest BCUT2D eigenvalue weighted by molar-refractivity contribution is 5.26. The van der Waals surface area contributed by atoms with E-state index in [1.165, 1.54) is 0 Å². The molecule has 0 aliphatic carbocycles. The van der Waals surface area contributed by atoms with E-state index in [1.54, 1.807) is 6.26 Å². The van der Waals surface area contributed by atoms with E-state index >= 15 is 0 Å². The van der Waals surface area contributed by atoms with Gasteiger partial charge in [0.2, 0.25) is 0 Å². The monoisotopic (exact) mass is 233 g/mol. The number of nitrogens with one attached hydrogen (secondary N) is 1. The zero-order valence-corrected chi connectivity index (χ0v) is 10.6. The molecule has 2 rings (SSSR count). The molecule has 0 radical (unpaired) electrons. The number of aromatic nitrogens is 2. The number of hydrogen-bond acceptors (Lipinski definition) is 3. The first-order valence-electron chi connectivity index (χ1n) is 5.98. The smallest absolute Gasteiger partial charge is 0.130 e. The Kier molecular flexibility index (Phi) is 3.64. The second-order valence-electron chi connectivity index (χ2n) is 4.22. The molecule has 0 saturated heterocycles. The lowest BCUT2D eigenvalue weighted by Crippen LogP contribution is -2.25. The molecule has 1 unspecified atom stereocenters. The number of aryl methyl sites for hydroxylation is 2. The van der Waals surface area contributed by atoms with Gasteiger partial charge in [-0.3, -0.25) is 0 Å². The first kappa shape index (κ1) is 11.9. The molecule has 2 aromatic heterocycles. The lowest BCUT2D eigenvalue weighted by molar-refractivity contribution is 0.507. The summed E-state index contributed by atoms with van der Waals surface area (Å²) < 4.78 is 7.43. The Morgan fingerprint density at radius 1 is 1.53 bits per heavy atom. The van der Waals surface area contributed by atoms with E-state index in [2.05, 4.69) is 17.2 Å². The van der Waals surface area contributed by atoms with Crippen LogP contribution in [0.15, 0.2) is 29.1 Å². The van der Waals surface area contributed by atoms with Crippen molar-refractivity contribution in [2.24, 2.45) is 7.05 Å². The highest BCUT2D eigenvalue weighted by Crippen LogP contribution is 2.24. The maximum Gasteiger partial charge on any atom is 0.130 e. The Hall–Kier alpha value is -1.55. The fourth-order valence-electron chi connectivity index (χ4n) is 1.98. The first-order valence-corrected chi connectivity index (χ1v) is 5.98. The predicted octanol–water partition coefficient (Wildman–Crippen LogP) is 2.41. The van der Waals surface area contributed by atoms with Gasteiger partial charge in [0, 0.05) is 25.0 Å². The average molecular weight is 233 g/mol. The highest BCUT2D eigenvalue weighted by Gasteiger charge is 2.20. The standard InChI is InChI=1S/C13H19N3O/c1-4-6-14-12(11-5-9-17-10(11)2)13-15-7-8-16(13)3/h5,7-9,12,14H,4,6H2,1-3H3. The Morgan fingerprint density at radius 3 is 2.88 bits per heavy atom. The normalized spacial score (nSPS) is 12.9. The van der Waals surface area contributed by atoms with Gasteiger partial charge in [-0.1, -0.05) is 6.92 Å². The number of nitrogens with zero attached hydrogens (tertiary/aromatic N) is 2. The molecule has 1 atom stereocenters. The Labute approximate surface area is 102 Å². The minimum atomic E-state index is 0.105. The quantitative estimate of drug-likeness (QED) is 0.862. The van der Waals surface area contributed by atoms with E-state index in [0.29, 0.717) is 0 Å². The van der Waals surface area contributed by atoms with Crippen LogP contribution in [0, 0.1) is 6.92 Å². The Balaban J connectivity index is 2.32. The van der Waals surface area contributed by atoms with Crippen molar-refractivity contribution in [2.45, 2.75) is 26.3 Å². The minimum absolute atomic E-state index is 0.105. The van der Waals surface area contributed by atoms with Gasteiger partial charge in [0.1, 0.15) is 11.6 Å². The fraction of sp³-hybridized carbons (Fsp3) is 0.462. The van der Waals surface area contributed by atoms with Crippen molar-refractivity contribution < 1.29 is 4.42 Å². The van der Waals surface area contributed by atoms with Gasteiger partial charge in [-0.05, 0) is 26.0 Å². The summed E-state index contributed by atoms with van der Waals surface area (Å²) in [5.41, 5.74) is 1.16. The van der Waals surface area contributed by atoms with Crippen molar-refractivity contribution in [2.75, 3.05) is 6.54 Å². The van der Waals surface area contributed by atoms with Gasteiger partial charge in [-0.25, -0.2) is 4.98 Å². The molecule has 17 heavy (non-hydrogen) atoms. The molecule has 0 spiro atoms. The van der Waals surface area contributed by atoms with E-state index in [9.17, 15) is 0 Å². The summed E-state index contributed by atoms with van der Waals surface area (Å²) in [6, 6.07) is 2.12. The van der Waals surface area contributed by atoms with Gasteiger partial charge in [0.25, 0.3) is 0 Å². The fourth-order valence-corrected chi connectivity index (χ4v) is 1.98. The maximum atomic E-state index is 5.39. The number of rotatable bonds is 5. The lowest BCUT2D eigenvalue weighted by Gasteiger charge is -2.17. The van der Waals surface area contributed by atoms with Crippen LogP contribution in [0.2, 0.25) is 0 Å². The van der Waals surface area contributed by atoms with Crippen LogP contribution < -0.4 is 5.32 Å². The SMILES string of the molecule is CCCNC(c1ccoc1C)c1nccn1C. The van der Waals surface area contributed by atoms with Crippen LogP contribution >= 0.6 is 0 Å². The third kappa shape index (κ3) is 2.42. The van der Waals surface area contributed by atoms with Gasteiger partial charge < -0.3 is 14.3 Å². The topological polar surface area (TPSA) is 43.0 Å². The summed E-state index contributed by atoms with van der Waals surface area (Å²) in [5, 5.41) is 3.51. The number of imidazole rings is 1. The average Bonchev–Trinajstić information content (AvgIpc) is 2.90. The van der Waals surface area contributed by atoms with E-state index < -0.39 is 0 Å². The molecule has 0 aliphatic heterocycles. The Morgan fingerprint density at radius 2 is 2.35 bits per heavy atom. The summed E-state index contributed by atoms with van der Waals surface area (Å²) in [6.45, 7) is 5.10. The number of hydrogen-bond donors (Lipinski definition) is 1.